The van der Waals surface area contributed by atoms with E-state index in [-0.39, 0.29) is 38.5 Å². The van der Waals surface area contributed by atoms with Crippen LogP contribution in [-0.2, 0) is 66.4 Å². The second-order valence-corrected chi connectivity index (χ2v) is 33.4. The highest BCUT2D eigenvalue weighted by atomic mass is 16.7. The molecule has 0 aromatic rings. The summed E-state index contributed by atoms with van der Waals surface area (Å²) < 4.78 is 76.8. The van der Waals surface area contributed by atoms with Gasteiger partial charge in [-0.15, -0.1) is 0 Å². The summed E-state index contributed by atoms with van der Waals surface area (Å²) in [6.45, 7) is 33.3. The van der Waals surface area contributed by atoms with Crippen LogP contribution >= 0.6 is 0 Å². The number of aliphatic hydroxyl groups is 12. The molecule has 6 aliphatic heterocycles. The fraction of sp³-hybridized carbons (Fsp3) is 0.973. The summed E-state index contributed by atoms with van der Waals surface area (Å²) in [4.78, 5) is 33.2. The van der Waals surface area contributed by atoms with Gasteiger partial charge in [0.25, 0.3) is 0 Å². The van der Waals surface area contributed by atoms with Crippen LogP contribution in [0.3, 0.4) is 0 Å². The lowest BCUT2D eigenvalue weighted by atomic mass is 9.73. The number of nitrogens with zero attached hydrogens (tertiary/aromatic N) is 2. The molecule has 0 aliphatic carbocycles. The van der Waals surface area contributed by atoms with Crippen molar-refractivity contribution in [1.82, 2.24) is 9.80 Å². The van der Waals surface area contributed by atoms with Crippen LogP contribution < -0.4 is 0 Å². The number of aliphatic hydroxyl groups excluding tert-OH is 8. The van der Waals surface area contributed by atoms with Crippen LogP contribution in [0.25, 0.3) is 0 Å². The molecule has 0 saturated carbocycles. The summed E-state index contributed by atoms with van der Waals surface area (Å²) in [6.07, 6.45) is -25.5. The predicted octanol–water partition coefficient (Wildman–Crippen LogP) is 2.91. The Labute approximate surface area is 606 Å². The lowest BCUT2D eigenvalue weighted by Gasteiger charge is -2.50. The van der Waals surface area contributed by atoms with Crippen LogP contribution in [0, 0.1) is 47.3 Å². The number of rotatable bonds is 17. The SMILES string of the molecule is CC[C@H]1OC(=O)[C@H](C)[C@@H](O[C@H]2C[C@@](C)(OC)[C@@H](O)[C@H](C)O2)[C@H](C)[C@@H](O[C@@H]2O[C@H](C)C[C@H](N(C)CCN(C)[C@H]3C[C@@H](C)O[C@@H](O[C@@H]4[C@@H](C)[C@H](O[C@H]5C[C@@](C)(OC)[C@@H](O)[C@H](C)O5)[C@@H](C)C(=O)O[C@H](CC)[C@@](C)(O)[C@H](O)[C@@H](C)[C@@H](O)[C@H](C)C[C@@]4(C)O)[C@@H]3O)[C@H]2O)[C@](C)(O)C[C@@H](C)[C@H](O)[C@H](C)[C@@H](O)[C@]1(C)O. The van der Waals surface area contributed by atoms with Crippen molar-refractivity contribution < 1.29 is 128 Å². The molecule has 6 rings (SSSR count). The van der Waals surface area contributed by atoms with Crippen molar-refractivity contribution in [3.63, 3.8) is 0 Å². The average Bonchev–Trinajstić information content (AvgIpc) is 0.782. The molecule has 0 aromatic heterocycles. The highest BCUT2D eigenvalue weighted by Gasteiger charge is 2.57. The third kappa shape index (κ3) is 19.6. The van der Waals surface area contributed by atoms with E-state index in [4.69, 9.17) is 56.8 Å². The van der Waals surface area contributed by atoms with Gasteiger partial charge in [-0.2, -0.15) is 0 Å². The molecule has 12 N–H and O–H groups in total. The Hall–Kier alpha value is -2.02. The number of likely N-dealkylation sites (N-methyl/N-ethyl adjacent to an activating group) is 2. The van der Waals surface area contributed by atoms with E-state index in [0.717, 1.165) is 0 Å². The highest BCUT2D eigenvalue weighted by Crippen LogP contribution is 2.45. The van der Waals surface area contributed by atoms with Crippen LogP contribution in [0.1, 0.15) is 190 Å². The minimum absolute atomic E-state index is 0.0128. The second-order valence-electron chi connectivity index (χ2n) is 33.4. The molecule has 0 bridgehead atoms. The molecule has 6 aliphatic rings. The maximum Gasteiger partial charge on any atom is 0.311 e. The van der Waals surface area contributed by atoms with E-state index in [2.05, 4.69) is 0 Å². The van der Waals surface area contributed by atoms with Gasteiger partial charge in [-0.25, -0.2) is 0 Å². The molecule has 38 atom stereocenters. The van der Waals surface area contributed by atoms with E-state index in [1.54, 1.807) is 96.9 Å². The maximum absolute atomic E-state index is 14.6. The van der Waals surface area contributed by atoms with Gasteiger partial charge < -0.3 is 118 Å². The number of hydrogen-bond acceptors (Lipinski definition) is 28. The molecule has 28 heteroatoms. The standard InChI is InChI=1S/C74H136N2O26/c1-25-49-73(19,89)59(81)39(7)53(77)35(3)31-69(15,87)63(41(9)57(43(11)65(85)97-49)99-51-33-71(17,91-23)61(83)45(13)95-51)101-67-55(79)47(29-37(5)93-67)75(21)27-28-76(22)48-30-38(6)94-68(56(48)80)102-64-42(10)58(100-52-34-72(18,92-24)62(84)46(14)96-52)44(12)66(86)98-50(26-2)74(20,90)60(82)40(8)54(78)36(4)32-70(64,16)88/h35-64,67-68,77-84,87-90H,25-34H2,1-24H3/t35-,36-,37-,38-,39+,40+,41+,42+,43-,44-,45+,46+,47+,48+,49-,50-,51+,52+,53+,54+,55-,56-,57+,58+,59-,60-,61+,62+,63-,64-,67+,68+,69-,70-,71-,72-,73-,74-/m1/s1. The van der Waals surface area contributed by atoms with Gasteiger partial charge in [-0.05, 0) is 148 Å². The summed E-state index contributed by atoms with van der Waals surface area (Å²) >= 11 is 0. The Morgan fingerprint density at radius 2 is 0.755 bits per heavy atom. The topological polar surface area (TPSA) is 394 Å². The van der Waals surface area contributed by atoms with Gasteiger partial charge in [0.15, 0.2) is 25.2 Å². The zero-order valence-corrected chi connectivity index (χ0v) is 65.5. The Morgan fingerprint density at radius 1 is 0.441 bits per heavy atom. The van der Waals surface area contributed by atoms with Gasteiger partial charge in [0.1, 0.15) is 47.8 Å². The van der Waals surface area contributed by atoms with Gasteiger partial charge in [-0.1, -0.05) is 55.4 Å². The number of ether oxygens (including phenoxy) is 12. The lowest BCUT2D eigenvalue weighted by molar-refractivity contribution is -0.319. The van der Waals surface area contributed by atoms with Crippen molar-refractivity contribution in [2.45, 2.75) is 371 Å². The fourth-order valence-corrected chi connectivity index (χ4v) is 17.7. The van der Waals surface area contributed by atoms with E-state index in [0.29, 0.717) is 25.9 Å². The summed E-state index contributed by atoms with van der Waals surface area (Å²) in [5.74, 6) is -9.48. The monoisotopic (exact) mass is 1470 g/mol. The van der Waals surface area contributed by atoms with Crippen molar-refractivity contribution in [3.05, 3.63) is 0 Å². The molecule has 0 amide bonds. The Kier molecular flexibility index (Phi) is 30.8. The van der Waals surface area contributed by atoms with Crippen LogP contribution in [-0.4, -0.2) is 305 Å². The van der Waals surface area contributed by atoms with E-state index >= 15 is 0 Å². The minimum Gasteiger partial charge on any atom is -0.459 e. The molecule has 6 fully saturated rings. The molecule has 6 heterocycles. The number of esters is 2. The van der Waals surface area contributed by atoms with Gasteiger partial charge in [0.05, 0.1) is 107 Å². The molecule has 0 spiro atoms. The molecule has 28 nitrogen and oxygen atoms in total. The van der Waals surface area contributed by atoms with Gasteiger partial charge >= 0.3 is 11.9 Å². The highest BCUT2D eigenvalue weighted by molar-refractivity contribution is 5.73. The number of cyclic esters (lactones) is 2. The Morgan fingerprint density at radius 3 is 1.05 bits per heavy atom. The number of hydrogen-bond donors (Lipinski definition) is 12. The first-order valence-electron chi connectivity index (χ1n) is 37.5. The lowest BCUT2D eigenvalue weighted by Crippen LogP contribution is -2.62. The average molecular weight is 1470 g/mol. The zero-order valence-electron chi connectivity index (χ0n) is 65.5. The predicted molar refractivity (Wildman–Crippen MR) is 372 cm³/mol. The molecule has 598 valence electrons. The molecule has 0 aromatic carbocycles. The van der Waals surface area contributed by atoms with Crippen LogP contribution in [0.15, 0.2) is 0 Å². The number of methoxy groups -OCH3 is 2. The fourth-order valence-electron chi connectivity index (χ4n) is 17.7. The van der Waals surface area contributed by atoms with Crippen molar-refractivity contribution >= 4 is 11.9 Å². The molecule has 102 heavy (non-hydrogen) atoms. The van der Waals surface area contributed by atoms with E-state index in [1.165, 1.54) is 41.9 Å². The summed E-state index contributed by atoms with van der Waals surface area (Å²) in [5, 5.41) is 145. The van der Waals surface area contributed by atoms with Gasteiger partial charge in [0, 0.05) is 75.9 Å². The smallest absolute Gasteiger partial charge is 0.311 e. The molecular weight excluding hydrogens is 1330 g/mol. The number of carbonyl (C=O) groups excluding carboxylic acids is 2. The minimum atomic E-state index is -2.04. The summed E-state index contributed by atoms with van der Waals surface area (Å²) in [6, 6.07) is -1.29. The first-order chi connectivity index (χ1) is 47.0. The van der Waals surface area contributed by atoms with Crippen molar-refractivity contribution in [2.75, 3.05) is 41.4 Å². The van der Waals surface area contributed by atoms with E-state index in [1.807, 2.05) is 37.7 Å². The number of carbonyl (C=O) groups is 2. The van der Waals surface area contributed by atoms with Crippen molar-refractivity contribution in [1.29, 1.82) is 0 Å². The normalized spacial score (nSPS) is 51.4. The van der Waals surface area contributed by atoms with Crippen LogP contribution in [0.5, 0.6) is 0 Å². The first kappa shape index (κ1) is 88.9. The molecule has 0 radical (unpaired) electrons. The molecular formula is C74H136N2O26. The molecule has 6 saturated heterocycles. The van der Waals surface area contributed by atoms with Crippen LogP contribution in [0.2, 0.25) is 0 Å². The zero-order chi connectivity index (χ0) is 77.3. The van der Waals surface area contributed by atoms with Gasteiger partial charge in [-0.3, -0.25) is 19.4 Å². The second kappa shape index (κ2) is 35.3. The van der Waals surface area contributed by atoms with Crippen LogP contribution in [0.4, 0.5) is 0 Å². The van der Waals surface area contributed by atoms with Crippen molar-refractivity contribution in [2.24, 2.45) is 47.3 Å². The van der Waals surface area contributed by atoms with E-state index in [9.17, 15) is 70.9 Å². The first-order valence-corrected chi connectivity index (χ1v) is 37.5. The third-order valence-electron chi connectivity index (χ3n) is 24.7. The maximum atomic E-state index is 14.6. The summed E-state index contributed by atoms with van der Waals surface area (Å²) in [7, 11) is 6.60. The van der Waals surface area contributed by atoms with Crippen molar-refractivity contribution in [3.8, 4) is 0 Å². The van der Waals surface area contributed by atoms with E-state index < -0.39 is 240 Å². The Balaban J connectivity index is 1.30. The Bertz CT molecular complexity index is 2460. The quantitative estimate of drug-likeness (QED) is 0.0931. The third-order valence-corrected chi connectivity index (χ3v) is 24.7. The van der Waals surface area contributed by atoms with Gasteiger partial charge in [0.2, 0.25) is 0 Å². The summed E-state index contributed by atoms with van der Waals surface area (Å²) in [5.41, 5.74) is -10.2. The molecule has 0 unspecified atom stereocenters. The largest absolute Gasteiger partial charge is 0.459 e.